The van der Waals surface area contributed by atoms with Gasteiger partial charge < -0.3 is 10.0 Å². The Bertz CT molecular complexity index is 1060. The first-order valence-electron chi connectivity index (χ1n) is 11.3. The van der Waals surface area contributed by atoms with E-state index in [0.717, 1.165) is 22.3 Å². The van der Waals surface area contributed by atoms with Crippen molar-refractivity contribution in [3.63, 3.8) is 0 Å². The lowest BCUT2D eigenvalue weighted by molar-refractivity contribution is -0.130. The van der Waals surface area contributed by atoms with Crippen molar-refractivity contribution in [2.24, 2.45) is 5.92 Å². The van der Waals surface area contributed by atoms with E-state index in [1.807, 2.05) is 52.0 Å². The SMILES string of the molecule is Cc1ccc(C)c(CN2C(=O)C(O)=C(C(=O)CC(C)C)C2c2ccc(C(C)(C)C)cc2)c1. The molecule has 32 heavy (non-hydrogen) atoms. The van der Waals surface area contributed by atoms with Crippen molar-refractivity contribution in [1.82, 2.24) is 4.90 Å². The van der Waals surface area contributed by atoms with Gasteiger partial charge in [0.05, 0.1) is 11.6 Å². The standard InChI is InChI=1S/C28H35NO3/c1-17(2)14-23(30)24-25(20-10-12-22(13-11-20)28(5,6)7)29(27(32)26(24)31)16-21-15-18(3)8-9-19(21)4/h8-13,15,17,25,31H,14,16H2,1-7H3. The number of ketones is 1. The minimum atomic E-state index is -0.595. The third-order valence-electron chi connectivity index (χ3n) is 6.14. The summed E-state index contributed by atoms with van der Waals surface area (Å²) >= 11 is 0. The first kappa shape index (κ1) is 23.8. The second-order valence-electron chi connectivity index (χ2n) is 10.4. The number of Topliss-reactive ketones (excluding diaryl/α,β-unsaturated/α-hetero) is 1. The number of aliphatic hydroxyl groups excluding tert-OH is 1. The molecule has 1 aliphatic rings. The van der Waals surface area contributed by atoms with Crippen molar-refractivity contribution in [2.45, 2.75) is 72.9 Å². The van der Waals surface area contributed by atoms with Gasteiger partial charge in [-0.05, 0) is 47.4 Å². The summed E-state index contributed by atoms with van der Waals surface area (Å²) in [5, 5.41) is 10.8. The molecule has 0 spiro atoms. The Labute approximate surface area is 192 Å². The molecule has 0 aromatic heterocycles. The third kappa shape index (κ3) is 4.79. The first-order chi connectivity index (χ1) is 14.9. The van der Waals surface area contributed by atoms with Crippen LogP contribution in [-0.2, 0) is 21.5 Å². The van der Waals surface area contributed by atoms with Crippen LogP contribution >= 0.6 is 0 Å². The monoisotopic (exact) mass is 433 g/mol. The van der Waals surface area contributed by atoms with E-state index in [1.165, 1.54) is 5.56 Å². The number of carbonyl (C=O) groups is 2. The number of aliphatic hydroxyl groups is 1. The Hall–Kier alpha value is -2.88. The highest BCUT2D eigenvalue weighted by Crippen LogP contribution is 2.40. The van der Waals surface area contributed by atoms with E-state index in [0.29, 0.717) is 13.0 Å². The third-order valence-corrected chi connectivity index (χ3v) is 6.14. The van der Waals surface area contributed by atoms with Crippen LogP contribution in [0.2, 0.25) is 0 Å². The fraction of sp³-hybridized carbons (Fsp3) is 0.429. The number of nitrogens with zero attached hydrogens (tertiary/aromatic N) is 1. The topological polar surface area (TPSA) is 57.6 Å². The predicted molar refractivity (Wildman–Crippen MR) is 128 cm³/mol. The van der Waals surface area contributed by atoms with Gasteiger partial charge in [-0.15, -0.1) is 0 Å². The maximum atomic E-state index is 13.2. The molecule has 0 fully saturated rings. The lowest BCUT2D eigenvalue weighted by atomic mass is 9.85. The summed E-state index contributed by atoms with van der Waals surface area (Å²) < 4.78 is 0. The van der Waals surface area contributed by atoms with E-state index in [2.05, 4.69) is 39.0 Å². The van der Waals surface area contributed by atoms with Gasteiger partial charge in [-0.3, -0.25) is 9.59 Å². The zero-order valence-electron chi connectivity index (χ0n) is 20.3. The average Bonchev–Trinajstić information content (AvgIpc) is 2.94. The van der Waals surface area contributed by atoms with Gasteiger partial charge in [0.25, 0.3) is 5.91 Å². The highest BCUT2D eigenvalue weighted by Gasteiger charge is 2.43. The second kappa shape index (κ2) is 8.93. The van der Waals surface area contributed by atoms with E-state index >= 15 is 0 Å². The molecule has 1 unspecified atom stereocenters. The van der Waals surface area contributed by atoms with Crippen LogP contribution in [0.1, 0.15) is 74.9 Å². The molecule has 4 heteroatoms. The number of hydrogen-bond acceptors (Lipinski definition) is 3. The fourth-order valence-corrected chi connectivity index (χ4v) is 4.25. The van der Waals surface area contributed by atoms with Crippen molar-refractivity contribution >= 4 is 11.7 Å². The number of carbonyl (C=O) groups excluding carboxylic acids is 2. The van der Waals surface area contributed by atoms with Gasteiger partial charge in [-0.25, -0.2) is 0 Å². The van der Waals surface area contributed by atoms with Crippen molar-refractivity contribution in [3.8, 4) is 0 Å². The predicted octanol–water partition coefficient (Wildman–Crippen LogP) is 6.11. The smallest absolute Gasteiger partial charge is 0.290 e. The largest absolute Gasteiger partial charge is 0.503 e. The molecule has 0 radical (unpaired) electrons. The molecule has 0 bridgehead atoms. The van der Waals surface area contributed by atoms with Crippen LogP contribution in [0.4, 0.5) is 0 Å². The van der Waals surface area contributed by atoms with Gasteiger partial charge >= 0.3 is 0 Å². The minimum Gasteiger partial charge on any atom is -0.503 e. The normalized spacial score (nSPS) is 16.9. The van der Waals surface area contributed by atoms with Gasteiger partial charge in [-0.2, -0.15) is 0 Å². The Balaban J connectivity index is 2.08. The number of benzene rings is 2. The number of hydrogen-bond donors (Lipinski definition) is 1. The van der Waals surface area contributed by atoms with E-state index in [1.54, 1.807) is 4.90 Å². The van der Waals surface area contributed by atoms with Gasteiger partial charge in [0.1, 0.15) is 0 Å². The highest BCUT2D eigenvalue weighted by atomic mass is 16.3. The molecule has 4 nitrogen and oxygen atoms in total. The second-order valence-corrected chi connectivity index (χ2v) is 10.4. The van der Waals surface area contributed by atoms with E-state index in [9.17, 15) is 14.7 Å². The van der Waals surface area contributed by atoms with Crippen LogP contribution < -0.4 is 0 Å². The van der Waals surface area contributed by atoms with Crippen molar-refractivity contribution in [3.05, 3.63) is 81.6 Å². The zero-order valence-corrected chi connectivity index (χ0v) is 20.3. The summed E-state index contributed by atoms with van der Waals surface area (Å²) in [7, 11) is 0. The molecular formula is C28H35NO3. The molecule has 1 heterocycles. The van der Waals surface area contributed by atoms with Crippen LogP contribution in [0.5, 0.6) is 0 Å². The van der Waals surface area contributed by atoms with Crippen LogP contribution in [0.3, 0.4) is 0 Å². The van der Waals surface area contributed by atoms with Crippen LogP contribution in [-0.4, -0.2) is 21.7 Å². The lowest BCUT2D eigenvalue weighted by Gasteiger charge is -2.28. The van der Waals surface area contributed by atoms with Crippen LogP contribution in [0.15, 0.2) is 53.8 Å². The summed E-state index contributed by atoms with van der Waals surface area (Å²) in [6.45, 7) is 14.7. The van der Waals surface area contributed by atoms with E-state index < -0.39 is 17.7 Å². The van der Waals surface area contributed by atoms with Gasteiger partial charge in [-0.1, -0.05) is 82.6 Å². The molecule has 0 aliphatic carbocycles. The van der Waals surface area contributed by atoms with Crippen LogP contribution in [0, 0.1) is 19.8 Å². The molecule has 2 aromatic carbocycles. The Morgan fingerprint density at radius 1 is 1.06 bits per heavy atom. The maximum absolute atomic E-state index is 13.2. The molecule has 1 N–H and O–H groups in total. The number of aryl methyl sites for hydroxylation is 2. The van der Waals surface area contributed by atoms with Crippen molar-refractivity contribution in [2.75, 3.05) is 0 Å². The average molecular weight is 434 g/mol. The first-order valence-corrected chi connectivity index (χ1v) is 11.3. The summed E-state index contributed by atoms with van der Waals surface area (Å²) in [6, 6.07) is 13.6. The molecule has 3 rings (SSSR count). The van der Waals surface area contributed by atoms with E-state index in [4.69, 9.17) is 0 Å². The summed E-state index contributed by atoms with van der Waals surface area (Å²) in [5.41, 5.74) is 5.43. The Morgan fingerprint density at radius 2 is 1.69 bits per heavy atom. The zero-order chi connectivity index (χ0) is 23.8. The maximum Gasteiger partial charge on any atom is 0.290 e. The van der Waals surface area contributed by atoms with Crippen molar-refractivity contribution in [1.29, 1.82) is 0 Å². The van der Waals surface area contributed by atoms with Gasteiger partial charge in [0, 0.05) is 13.0 Å². The fourth-order valence-electron chi connectivity index (χ4n) is 4.25. The number of rotatable bonds is 6. The van der Waals surface area contributed by atoms with Gasteiger partial charge in [0.2, 0.25) is 0 Å². The quantitative estimate of drug-likeness (QED) is 0.598. The Morgan fingerprint density at radius 3 is 2.25 bits per heavy atom. The molecular weight excluding hydrogens is 398 g/mol. The summed E-state index contributed by atoms with van der Waals surface area (Å²) in [4.78, 5) is 28.0. The number of amides is 1. The summed E-state index contributed by atoms with van der Waals surface area (Å²) in [5.74, 6) is -0.928. The Kier molecular flexibility index (Phi) is 6.64. The molecule has 0 saturated carbocycles. The molecule has 1 aliphatic heterocycles. The lowest BCUT2D eigenvalue weighted by Crippen LogP contribution is -2.31. The van der Waals surface area contributed by atoms with Crippen LogP contribution in [0.25, 0.3) is 0 Å². The van der Waals surface area contributed by atoms with Crippen molar-refractivity contribution < 1.29 is 14.7 Å². The molecule has 1 atom stereocenters. The molecule has 1 amide bonds. The van der Waals surface area contributed by atoms with E-state index in [-0.39, 0.29) is 22.7 Å². The molecule has 0 saturated heterocycles. The molecule has 2 aromatic rings. The highest BCUT2D eigenvalue weighted by molar-refractivity contribution is 6.09. The summed E-state index contributed by atoms with van der Waals surface area (Å²) in [6.07, 6.45) is 0.292. The molecule has 170 valence electrons. The minimum absolute atomic E-state index is 0.00331. The van der Waals surface area contributed by atoms with Gasteiger partial charge in [0.15, 0.2) is 11.5 Å².